The average Bonchev–Trinajstić information content (AvgIpc) is 2.72. The Bertz CT molecular complexity index is 784. The molecule has 1 heterocycles. The predicted molar refractivity (Wildman–Crippen MR) is 117 cm³/mol. The number of phenolic OH excluding ortho intramolecular Hbond substituents is 1. The summed E-state index contributed by atoms with van der Waals surface area (Å²) in [7, 11) is 0. The van der Waals surface area contributed by atoms with Gasteiger partial charge in [-0.1, -0.05) is 41.9 Å². The number of nitrogens with zero attached hydrogens (tertiary/aromatic N) is 1. The van der Waals surface area contributed by atoms with Crippen LogP contribution in [0.1, 0.15) is 12.0 Å². The molecule has 0 bridgehead atoms. The zero-order valence-corrected chi connectivity index (χ0v) is 17.4. The highest BCUT2D eigenvalue weighted by Crippen LogP contribution is 2.28. The van der Waals surface area contributed by atoms with Crippen molar-refractivity contribution in [2.24, 2.45) is 0 Å². The molecule has 3 N–H and O–H groups in total. The monoisotopic (exact) mass is 420 g/mol. The maximum Gasteiger partial charge on any atom is 0.173 e. The Morgan fingerprint density at radius 1 is 1.14 bits per heavy atom. The average molecular weight is 421 g/mol. The predicted octanol–water partition coefficient (Wildman–Crippen LogP) is 2.23. The first-order valence-corrected chi connectivity index (χ1v) is 10.4. The minimum absolute atomic E-state index is 0.248. The van der Waals surface area contributed by atoms with Crippen LogP contribution in [0.15, 0.2) is 48.5 Å². The number of benzene rings is 2. The first-order valence-electron chi connectivity index (χ1n) is 9.63. The van der Waals surface area contributed by atoms with Crippen molar-refractivity contribution in [3.8, 4) is 5.75 Å². The molecule has 3 rings (SSSR count). The molecule has 0 atom stereocenters. The quantitative estimate of drug-likeness (QED) is 0.473. The van der Waals surface area contributed by atoms with Gasteiger partial charge in [0.1, 0.15) is 18.8 Å². The van der Waals surface area contributed by atoms with Crippen LogP contribution in [-0.4, -0.2) is 49.6 Å². The number of nitrogens with one attached hydrogen (secondary N) is 2. The molecule has 1 fully saturated rings. The Hall–Kier alpha value is -1.86. The number of anilines is 1. The minimum Gasteiger partial charge on any atom is -0.508 e. The lowest BCUT2D eigenvalue weighted by atomic mass is 10.1. The van der Waals surface area contributed by atoms with Gasteiger partial charge in [-0.3, -0.25) is 0 Å². The maximum absolute atomic E-state index is 10.2. The van der Waals surface area contributed by atoms with Crippen molar-refractivity contribution in [1.29, 1.82) is 0 Å². The third kappa shape index (κ3) is 5.82. The number of rotatable bonds is 7. The molecule has 0 radical (unpaired) electrons. The molecule has 0 unspecified atom stereocenters. The number of hydrogen-bond donors (Lipinski definition) is 3. The molecule has 1 aliphatic rings. The van der Waals surface area contributed by atoms with Crippen LogP contribution in [0.2, 0.25) is 5.02 Å². The summed E-state index contributed by atoms with van der Waals surface area (Å²) >= 11 is 12.1. The zero-order chi connectivity index (χ0) is 19.8. The summed E-state index contributed by atoms with van der Waals surface area (Å²) in [6, 6.07) is 14.9. The highest BCUT2D eigenvalue weighted by atomic mass is 35.5. The van der Waals surface area contributed by atoms with Gasteiger partial charge in [0.2, 0.25) is 0 Å². The van der Waals surface area contributed by atoms with Crippen molar-refractivity contribution in [3.05, 3.63) is 59.1 Å². The van der Waals surface area contributed by atoms with Crippen molar-refractivity contribution in [1.82, 2.24) is 5.32 Å². The Morgan fingerprint density at radius 3 is 2.61 bits per heavy atom. The van der Waals surface area contributed by atoms with Gasteiger partial charge in [0.05, 0.1) is 37.0 Å². The molecule has 150 valence electrons. The fourth-order valence-corrected chi connectivity index (χ4v) is 3.79. The van der Waals surface area contributed by atoms with Crippen molar-refractivity contribution in [3.63, 3.8) is 0 Å². The number of quaternary nitrogens is 1. The second-order valence-corrected chi connectivity index (χ2v) is 7.66. The lowest BCUT2D eigenvalue weighted by Gasteiger charge is -2.28. The Kier molecular flexibility index (Phi) is 7.91. The molecule has 0 aliphatic carbocycles. The molecule has 2 aromatic carbocycles. The van der Waals surface area contributed by atoms with E-state index in [4.69, 9.17) is 28.6 Å². The minimum atomic E-state index is 0.248. The molecule has 7 heteroatoms. The molecule has 0 saturated carbocycles. The largest absolute Gasteiger partial charge is 0.508 e. The normalized spacial score (nSPS) is 14.6. The van der Waals surface area contributed by atoms with Gasteiger partial charge >= 0.3 is 0 Å². The number of halogens is 1. The lowest BCUT2D eigenvalue weighted by molar-refractivity contribution is -0.908. The van der Waals surface area contributed by atoms with E-state index in [1.165, 1.54) is 0 Å². The molecule has 2 aromatic rings. The molecule has 0 aromatic heterocycles. The van der Waals surface area contributed by atoms with Gasteiger partial charge in [-0.25, -0.2) is 0 Å². The summed E-state index contributed by atoms with van der Waals surface area (Å²) in [5.41, 5.74) is 1.62. The molecule has 5 nitrogen and oxygen atoms in total. The van der Waals surface area contributed by atoms with Gasteiger partial charge in [-0.15, -0.1) is 0 Å². The van der Waals surface area contributed by atoms with Gasteiger partial charge in [0.25, 0.3) is 0 Å². The zero-order valence-electron chi connectivity index (χ0n) is 15.9. The second-order valence-electron chi connectivity index (χ2n) is 6.86. The number of hydrogen-bond acceptors (Lipinski definition) is 3. The van der Waals surface area contributed by atoms with Crippen LogP contribution in [0, 0.1) is 0 Å². The van der Waals surface area contributed by atoms with Crippen LogP contribution in [0.5, 0.6) is 5.75 Å². The summed E-state index contributed by atoms with van der Waals surface area (Å²) in [5, 5.41) is 14.8. The topological polar surface area (TPSA) is 49.2 Å². The van der Waals surface area contributed by atoms with E-state index in [1.54, 1.807) is 11.0 Å². The van der Waals surface area contributed by atoms with Crippen molar-refractivity contribution >= 4 is 34.6 Å². The first kappa shape index (κ1) is 20.9. The third-order valence-electron chi connectivity index (χ3n) is 4.89. The second kappa shape index (κ2) is 10.6. The Labute approximate surface area is 176 Å². The van der Waals surface area contributed by atoms with Crippen LogP contribution < -0.4 is 15.1 Å². The van der Waals surface area contributed by atoms with Gasteiger partial charge in [0, 0.05) is 18.5 Å². The van der Waals surface area contributed by atoms with Crippen LogP contribution >= 0.6 is 23.8 Å². The van der Waals surface area contributed by atoms with E-state index in [2.05, 4.69) is 5.32 Å². The fourth-order valence-electron chi connectivity index (χ4n) is 3.29. The number of aromatic hydroxyl groups is 1. The molecule has 1 aliphatic heterocycles. The summed E-state index contributed by atoms with van der Waals surface area (Å²) in [5.74, 6) is 0.248. The molecular weight excluding hydrogens is 394 g/mol. The van der Waals surface area contributed by atoms with Crippen LogP contribution in [0.3, 0.4) is 0 Å². The highest BCUT2D eigenvalue weighted by Gasteiger charge is 2.18. The van der Waals surface area contributed by atoms with Crippen molar-refractivity contribution in [2.75, 3.05) is 44.3 Å². The van der Waals surface area contributed by atoms with Crippen molar-refractivity contribution in [2.45, 2.75) is 13.0 Å². The van der Waals surface area contributed by atoms with Crippen LogP contribution in [0.4, 0.5) is 5.69 Å². The van der Waals surface area contributed by atoms with Crippen LogP contribution in [-0.2, 0) is 11.3 Å². The number of phenols is 1. The van der Waals surface area contributed by atoms with Crippen LogP contribution in [0.25, 0.3) is 0 Å². The SMILES string of the molecule is Oc1ccccc1CN(C(=S)NCCC[NH+]1CCOCC1)c1ccccc1Cl. The van der Waals surface area contributed by atoms with E-state index < -0.39 is 0 Å². The van der Waals surface area contributed by atoms with Gasteiger partial charge in [-0.05, 0) is 30.4 Å². The molecule has 1 saturated heterocycles. The van der Waals surface area contributed by atoms with Crippen molar-refractivity contribution < 1.29 is 14.7 Å². The number of para-hydroxylation sites is 2. The summed E-state index contributed by atoms with van der Waals surface area (Å²) in [6.45, 7) is 6.18. The summed E-state index contributed by atoms with van der Waals surface area (Å²) in [6.07, 6.45) is 1.03. The summed E-state index contributed by atoms with van der Waals surface area (Å²) < 4.78 is 5.41. The third-order valence-corrected chi connectivity index (χ3v) is 5.58. The van der Waals surface area contributed by atoms with E-state index in [0.29, 0.717) is 16.7 Å². The van der Waals surface area contributed by atoms with E-state index in [-0.39, 0.29) is 5.75 Å². The maximum atomic E-state index is 10.2. The Morgan fingerprint density at radius 2 is 1.86 bits per heavy atom. The number of ether oxygens (including phenoxy) is 1. The molecular formula is C21H27ClN3O2S+. The van der Waals surface area contributed by atoms with E-state index in [9.17, 15) is 5.11 Å². The number of thiocarbonyl (C=S) groups is 1. The molecule has 0 amide bonds. The fraction of sp³-hybridized carbons (Fsp3) is 0.381. The van der Waals surface area contributed by atoms with E-state index in [1.807, 2.05) is 47.4 Å². The highest BCUT2D eigenvalue weighted by molar-refractivity contribution is 7.80. The summed E-state index contributed by atoms with van der Waals surface area (Å²) in [4.78, 5) is 3.52. The molecule has 0 spiro atoms. The lowest BCUT2D eigenvalue weighted by Crippen LogP contribution is -3.14. The van der Waals surface area contributed by atoms with Gasteiger partial charge in [0.15, 0.2) is 5.11 Å². The first-order chi connectivity index (χ1) is 13.6. The number of morpholine rings is 1. The van der Waals surface area contributed by atoms with E-state index >= 15 is 0 Å². The van der Waals surface area contributed by atoms with Gasteiger partial charge < -0.3 is 25.0 Å². The molecule has 28 heavy (non-hydrogen) atoms. The van der Waals surface area contributed by atoms with E-state index in [0.717, 1.165) is 57.1 Å². The smallest absolute Gasteiger partial charge is 0.173 e. The Balaban J connectivity index is 1.63. The van der Waals surface area contributed by atoms with Gasteiger partial charge in [-0.2, -0.15) is 0 Å². The standard InChI is InChI=1S/C21H26ClN3O2S/c22-18-7-2-3-8-19(18)25(16-17-6-1-4-9-20(17)26)21(28)23-10-5-11-24-12-14-27-15-13-24/h1-4,6-9,26H,5,10-16H2,(H,23,28)/p+1.